The van der Waals surface area contributed by atoms with Gasteiger partial charge in [-0.05, 0) is 33.3 Å². The highest BCUT2D eigenvalue weighted by atomic mass is 35.5. The van der Waals surface area contributed by atoms with E-state index < -0.39 is 0 Å². The minimum atomic E-state index is 0. The van der Waals surface area contributed by atoms with Gasteiger partial charge in [-0.2, -0.15) is 0 Å². The van der Waals surface area contributed by atoms with Gasteiger partial charge in [-0.15, -0.1) is 0 Å². The van der Waals surface area contributed by atoms with Crippen LogP contribution in [0.1, 0.15) is 34.1 Å². The number of halogens is 1. The fourth-order valence-corrected chi connectivity index (χ4v) is 1.70. The molecule has 0 saturated heterocycles. The van der Waals surface area contributed by atoms with Gasteiger partial charge in [0.05, 0.1) is 32.6 Å². The number of rotatable bonds is 7. The van der Waals surface area contributed by atoms with E-state index in [9.17, 15) is 4.79 Å². The Morgan fingerprint density at radius 1 is 1.13 bits per heavy atom. The van der Waals surface area contributed by atoms with Crippen LogP contribution >= 0.6 is 0 Å². The Morgan fingerprint density at radius 3 is 1.80 bits per heavy atom. The second-order valence-corrected chi connectivity index (χ2v) is 3.97. The zero-order valence-electron chi connectivity index (χ0n) is 10.5. The van der Waals surface area contributed by atoms with Gasteiger partial charge in [0.1, 0.15) is 0 Å². The van der Waals surface area contributed by atoms with Crippen LogP contribution in [0.5, 0.6) is 0 Å². The van der Waals surface area contributed by atoms with E-state index in [1.807, 2.05) is 0 Å². The fraction of sp³-hybridized carbons (Fsp3) is 0.750. The Kier molecular flexibility index (Phi) is 8.98. The van der Waals surface area contributed by atoms with Crippen LogP contribution in [0, 0.1) is 0 Å². The van der Waals surface area contributed by atoms with Crippen molar-refractivity contribution in [1.29, 1.82) is 0 Å². The van der Waals surface area contributed by atoms with E-state index in [1.54, 1.807) is 6.92 Å². The molecule has 0 aliphatic rings. The molecule has 0 radical (unpaired) electrons. The van der Waals surface area contributed by atoms with E-state index in [0.717, 1.165) is 30.7 Å². The third-order valence-electron chi connectivity index (χ3n) is 3.30. The smallest absolute Gasteiger partial charge is 0.163 e. The summed E-state index contributed by atoms with van der Waals surface area (Å²) in [5, 5.41) is 0. The van der Waals surface area contributed by atoms with Crippen LogP contribution in [0.4, 0.5) is 0 Å². The SMILES string of the molecule is C=C(C)C(=O)CC[N+](CC)(CC)CC.[Cl-]. The second-order valence-electron chi connectivity index (χ2n) is 3.97. The molecule has 3 heteroatoms. The molecule has 2 nitrogen and oxygen atoms in total. The van der Waals surface area contributed by atoms with E-state index in [-0.39, 0.29) is 18.2 Å². The Balaban J connectivity index is 0. The Hall–Kier alpha value is -0.340. The molecule has 0 fully saturated rings. The summed E-state index contributed by atoms with van der Waals surface area (Å²) in [6.45, 7) is 16.3. The maximum atomic E-state index is 11.4. The van der Waals surface area contributed by atoms with Crippen LogP contribution in [0.3, 0.4) is 0 Å². The largest absolute Gasteiger partial charge is 1.00 e. The summed E-state index contributed by atoms with van der Waals surface area (Å²) < 4.78 is 1.04. The summed E-state index contributed by atoms with van der Waals surface area (Å²) in [7, 11) is 0. The lowest BCUT2D eigenvalue weighted by Gasteiger charge is -2.35. The molecule has 0 unspecified atom stereocenters. The quantitative estimate of drug-likeness (QED) is 0.424. The van der Waals surface area contributed by atoms with Gasteiger partial charge < -0.3 is 16.9 Å². The number of hydrogen-bond acceptors (Lipinski definition) is 1. The highest BCUT2D eigenvalue weighted by Crippen LogP contribution is 2.08. The molecule has 90 valence electrons. The summed E-state index contributed by atoms with van der Waals surface area (Å²) >= 11 is 0. The van der Waals surface area contributed by atoms with Crippen LogP contribution in [-0.2, 0) is 4.79 Å². The van der Waals surface area contributed by atoms with E-state index in [1.165, 1.54) is 0 Å². The van der Waals surface area contributed by atoms with Crippen molar-refractivity contribution in [3.8, 4) is 0 Å². The minimum absolute atomic E-state index is 0. The number of ketones is 1. The van der Waals surface area contributed by atoms with Gasteiger partial charge in [0.2, 0.25) is 0 Å². The predicted octanol–water partition coefficient (Wildman–Crippen LogP) is -0.598. The molecular formula is C12H24ClNO. The number of hydrogen-bond donors (Lipinski definition) is 0. The Bertz CT molecular complexity index is 201. The van der Waals surface area contributed by atoms with Crippen molar-refractivity contribution >= 4 is 5.78 Å². The minimum Gasteiger partial charge on any atom is -1.00 e. The van der Waals surface area contributed by atoms with E-state index in [4.69, 9.17) is 0 Å². The molecule has 0 N–H and O–H groups in total. The predicted molar refractivity (Wildman–Crippen MR) is 61.2 cm³/mol. The Labute approximate surface area is 100 Å². The van der Waals surface area contributed by atoms with Gasteiger partial charge in [0, 0.05) is 0 Å². The Morgan fingerprint density at radius 2 is 1.53 bits per heavy atom. The molecule has 15 heavy (non-hydrogen) atoms. The molecule has 0 heterocycles. The number of nitrogens with zero attached hydrogens (tertiary/aromatic N) is 1. The van der Waals surface area contributed by atoms with E-state index >= 15 is 0 Å². The maximum Gasteiger partial charge on any atom is 0.163 e. The first-order chi connectivity index (χ1) is 6.51. The number of Topliss-reactive ketones (excluding diaryl/α,β-unsaturated/α-hetero) is 1. The molecule has 0 bridgehead atoms. The summed E-state index contributed by atoms with van der Waals surface area (Å²) in [5.74, 6) is 0.211. The third kappa shape index (κ3) is 5.33. The molecular weight excluding hydrogens is 210 g/mol. The molecule has 0 aliphatic heterocycles. The van der Waals surface area contributed by atoms with Crippen LogP contribution < -0.4 is 12.4 Å². The summed E-state index contributed by atoms with van der Waals surface area (Å²) in [4.78, 5) is 11.4. The standard InChI is InChI=1S/C12H24NO.ClH/c1-6-13(7-2,8-3)10-9-12(14)11(4)5;/h4,6-10H2,1-3,5H3;1H/q+1;/p-1. The lowest BCUT2D eigenvalue weighted by Crippen LogP contribution is -3.00. The van der Waals surface area contributed by atoms with Gasteiger partial charge in [0.15, 0.2) is 5.78 Å². The number of allylic oxidation sites excluding steroid dienone is 1. The molecule has 0 aromatic rings. The van der Waals surface area contributed by atoms with Crippen LogP contribution in [0.15, 0.2) is 12.2 Å². The average molecular weight is 234 g/mol. The molecule has 0 spiro atoms. The maximum absolute atomic E-state index is 11.4. The molecule has 0 rings (SSSR count). The topological polar surface area (TPSA) is 17.1 Å². The molecule has 0 atom stereocenters. The summed E-state index contributed by atoms with van der Waals surface area (Å²) in [5.41, 5.74) is 0.686. The van der Waals surface area contributed by atoms with Crippen LogP contribution in [-0.4, -0.2) is 36.4 Å². The van der Waals surface area contributed by atoms with E-state index in [0.29, 0.717) is 12.0 Å². The van der Waals surface area contributed by atoms with Gasteiger partial charge in [-0.3, -0.25) is 4.79 Å². The molecule has 0 aromatic carbocycles. The van der Waals surface area contributed by atoms with Crippen molar-refractivity contribution in [3.63, 3.8) is 0 Å². The van der Waals surface area contributed by atoms with Crippen molar-refractivity contribution in [3.05, 3.63) is 12.2 Å². The van der Waals surface area contributed by atoms with Crippen molar-refractivity contribution in [1.82, 2.24) is 0 Å². The fourth-order valence-electron chi connectivity index (χ4n) is 1.70. The molecule has 0 saturated carbocycles. The summed E-state index contributed by atoms with van der Waals surface area (Å²) in [6.07, 6.45) is 0.644. The van der Waals surface area contributed by atoms with Gasteiger partial charge >= 0.3 is 0 Å². The van der Waals surface area contributed by atoms with Crippen LogP contribution in [0.25, 0.3) is 0 Å². The molecule has 0 aliphatic carbocycles. The van der Waals surface area contributed by atoms with Crippen LogP contribution in [0.2, 0.25) is 0 Å². The lowest BCUT2D eigenvalue weighted by molar-refractivity contribution is -0.922. The first-order valence-electron chi connectivity index (χ1n) is 5.55. The number of carbonyl (C=O) groups excluding carboxylic acids is 1. The monoisotopic (exact) mass is 233 g/mol. The number of carbonyl (C=O) groups is 1. The van der Waals surface area contributed by atoms with Crippen molar-refractivity contribution in [2.75, 3.05) is 26.2 Å². The van der Waals surface area contributed by atoms with Gasteiger partial charge in [-0.25, -0.2) is 0 Å². The van der Waals surface area contributed by atoms with Gasteiger partial charge in [0.25, 0.3) is 0 Å². The third-order valence-corrected chi connectivity index (χ3v) is 3.30. The first-order valence-corrected chi connectivity index (χ1v) is 5.55. The summed E-state index contributed by atoms with van der Waals surface area (Å²) in [6, 6.07) is 0. The van der Waals surface area contributed by atoms with Crippen molar-refractivity contribution in [2.24, 2.45) is 0 Å². The second kappa shape index (κ2) is 7.89. The molecule has 0 aromatic heterocycles. The van der Waals surface area contributed by atoms with E-state index in [2.05, 4.69) is 27.4 Å². The highest BCUT2D eigenvalue weighted by Gasteiger charge is 2.21. The zero-order valence-corrected chi connectivity index (χ0v) is 11.2. The average Bonchev–Trinajstić information content (AvgIpc) is 2.20. The lowest BCUT2D eigenvalue weighted by atomic mass is 10.1. The normalized spacial score (nSPS) is 10.7. The highest BCUT2D eigenvalue weighted by molar-refractivity contribution is 5.94. The molecule has 0 amide bonds. The number of quaternary nitrogens is 1. The van der Waals surface area contributed by atoms with Gasteiger partial charge in [-0.1, -0.05) is 6.58 Å². The van der Waals surface area contributed by atoms with Crippen molar-refractivity contribution in [2.45, 2.75) is 34.1 Å². The van der Waals surface area contributed by atoms with Crippen molar-refractivity contribution < 1.29 is 21.7 Å². The zero-order chi connectivity index (χ0) is 11.2. The first kappa shape index (κ1) is 17.1.